The van der Waals surface area contributed by atoms with Crippen LogP contribution >= 0.6 is 11.6 Å². The van der Waals surface area contributed by atoms with Gasteiger partial charge in [0.1, 0.15) is 5.56 Å². The minimum Gasteiger partial charge on any atom is -0.478 e. The normalized spacial score (nSPS) is 11.1. The Kier molecular flexibility index (Phi) is 5.00. The fourth-order valence-electron chi connectivity index (χ4n) is 1.84. The van der Waals surface area contributed by atoms with Crippen molar-refractivity contribution in [3.8, 4) is 0 Å². The average molecular weight is 299 g/mol. The molecule has 0 radical (unpaired) electrons. The van der Waals surface area contributed by atoms with Gasteiger partial charge in [0.25, 0.3) is 0 Å². The molecule has 110 valence electrons. The number of benzene rings is 1. The summed E-state index contributed by atoms with van der Waals surface area (Å²) in [5, 5.41) is 11.8. The number of nitrogens with zero attached hydrogens (tertiary/aromatic N) is 1. The molecule has 0 aliphatic rings. The third-order valence-corrected chi connectivity index (χ3v) is 2.84. The summed E-state index contributed by atoms with van der Waals surface area (Å²) >= 11 is 5.85. The second kappa shape index (κ2) is 6.13. The van der Waals surface area contributed by atoms with Crippen molar-refractivity contribution in [2.45, 2.75) is 20.8 Å². The van der Waals surface area contributed by atoms with Crippen molar-refractivity contribution in [2.24, 2.45) is 5.41 Å². The van der Waals surface area contributed by atoms with Gasteiger partial charge in [0.05, 0.1) is 10.7 Å². The van der Waals surface area contributed by atoms with Crippen LogP contribution in [0.4, 0.5) is 10.5 Å². The smallest absolute Gasteiger partial charge is 0.339 e. The topological polar surface area (TPSA) is 69.6 Å². The fraction of sp³-hybridized carbons (Fsp3) is 0.429. The molecule has 0 unspecified atom stereocenters. The Bertz CT molecular complexity index is 524. The van der Waals surface area contributed by atoms with E-state index in [-0.39, 0.29) is 27.7 Å². The van der Waals surface area contributed by atoms with E-state index in [0.29, 0.717) is 6.54 Å². The molecule has 0 saturated carbocycles. The van der Waals surface area contributed by atoms with Crippen LogP contribution in [0, 0.1) is 5.41 Å². The fourth-order valence-corrected chi connectivity index (χ4v) is 2.09. The van der Waals surface area contributed by atoms with Crippen LogP contribution in [-0.2, 0) is 0 Å². The second-order valence-corrected chi connectivity index (χ2v) is 6.22. The van der Waals surface area contributed by atoms with Gasteiger partial charge in [-0.15, -0.1) is 0 Å². The quantitative estimate of drug-likeness (QED) is 0.896. The number of aromatic carboxylic acids is 1. The highest BCUT2D eigenvalue weighted by Crippen LogP contribution is 2.25. The Morgan fingerprint density at radius 2 is 1.95 bits per heavy atom. The number of anilines is 1. The lowest BCUT2D eigenvalue weighted by Crippen LogP contribution is -2.37. The molecule has 5 nitrogen and oxygen atoms in total. The van der Waals surface area contributed by atoms with Crippen molar-refractivity contribution in [1.82, 2.24) is 4.90 Å². The van der Waals surface area contributed by atoms with Gasteiger partial charge in [0.15, 0.2) is 0 Å². The molecule has 0 aromatic heterocycles. The standard InChI is InChI=1S/C14H19ClN2O3/c1-14(2,3)8-17(4)13(20)16-10-7-5-6-9(15)11(10)12(18)19/h5-7H,8H2,1-4H3,(H,16,20)(H,18,19). The van der Waals surface area contributed by atoms with E-state index < -0.39 is 5.97 Å². The Hall–Kier alpha value is -1.75. The summed E-state index contributed by atoms with van der Waals surface area (Å²) in [5.74, 6) is -1.18. The average Bonchev–Trinajstić information content (AvgIpc) is 2.25. The van der Waals surface area contributed by atoms with Crippen LogP contribution < -0.4 is 5.32 Å². The molecular weight excluding hydrogens is 280 g/mol. The predicted molar refractivity (Wildman–Crippen MR) is 79.5 cm³/mol. The van der Waals surface area contributed by atoms with Gasteiger partial charge in [0.2, 0.25) is 0 Å². The lowest BCUT2D eigenvalue weighted by Gasteiger charge is -2.27. The summed E-state index contributed by atoms with van der Waals surface area (Å²) < 4.78 is 0. The van der Waals surface area contributed by atoms with Crippen LogP contribution in [0.1, 0.15) is 31.1 Å². The van der Waals surface area contributed by atoms with E-state index in [0.717, 1.165) is 0 Å². The summed E-state index contributed by atoms with van der Waals surface area (Å²) in [5.41, 5.74) is 0.0400. The van der Waals surface area contributed by atoms with Crippen LogP contribution in [-0.4, -0.2) is 35.6 Å². The van der Waals surface area contributed by atoms with Gasteiger partial charge in [-0.05, 0) is 17.5 Å². The number of hydrogen-bond acceptors (Lipinski definition) is 2. The number of rotatable bonds is 3. The molecule has 0 bridgehead atoms. The number of carbonyl (C=O) groups is 2. The number of urea groups is 1. The minimum atomic E-state index is -1.18. The third-order valence-electron chi connectivity index (χ3n) is 2.53. The van der Waals surface area contributed by atoms with Crippen molar-refractivity contribution in [3.63, 3.8) is 0 Å². The molecule has 1 aromatic carbocycles. The molecule has 0 aliphatic carbocycles. The summed E-state index contributed by atoms with van der Waals surface area (Å²) in [6.45, 7) is 6.58. The van der Waals surface area contributed by atoms with Crippen LogP contribution in [0.3, 0.4) is 0 Å². The Balaban J connectivity index is 2.91. The highest BCUT2D eigenvalue weighted by molar-refractivity contribution is 6.34. The molecule has 1 aromatic rings. The maximum Gasteiger partial charge on any atom is 0.339 e. The number of carboxylic acids is 1. The van der Waals surface area contributed by atoms with Crippen LogP contribution in [0.2, 0.25) is 5.02 Å². The van der Waals surface area contributed by atoms with Crippen molar-refractivity contribution >= 4 is 29.3 Å². The highest BCUT2D eigenvalue weighted by Gasteiger charge is 2.20. The first kappa shape index (κ1) is 16.3. The maximum atomic E-state index is 12.1. The second-order valence-electron chi connectivity index (χ2n) is 5.81. The molecular formula is C14H19ClN2O3. The van der Waals surface area contributed by atoms with Crippen LogP contribution in [0.15, 0.2) is 18.2 Å². The van der Waals surface area contributed by atoms with Gasteiger partial charge in [0, 0.05) is 13.6 Å². The zero-order valence-corrected chi connectivity index (χ0v) is 12.8. The van der Waals surface area contributed by atoms with Crippen molar-refractivity contribution in [3.05, 3.63) is 28.8 Å². The largest absolute Gasteiger partial charge is 0.478 e. The van der Waals surface area contributed by atoms with Gasteiger partial charge in [-0.3, -0.25) is 0 Å². The predicted octanol–water partition coefficient (Wildman–Crippen LogP) is 3.55. The first-order valence-corrected chi connectivity index (χ1v) is 6.53. The van der Waals surface area contributed by atoms with E-state index in [1.165, 1.54) is 17.0 Å². The summed E-state index contributed by atoms with van der Waals surface area (Å²) in [4.78, 5) is 24.7. The molecule has 0 atom stereocenters. The molecule has 2 amide bonds. The minimum absolute atomic E-state index is 0.0456. The first-order chi connectivity index (χ1) is 9.11. The monoisotopic (exact) mass is 298 g/mol. The van der Waals surface area contributed by atoms with Gasteiger partial charge >= 0.3 is 12.0 Å². The van der Waals surface area contributed by atoms with Gasteiger partial charge in [-0.2, -0.15) is 0 Å². The summed E-state index contributed by atoms with van der Waals surface area (Å²) in [6.07, 6.45) is 0. The number of halogens is 1. The van der Waals surface area contributed by atoms with Gasteiger partial charge in [-0.25, -0.2) is 9.59 Å². The van der Waals surface area contributed by atoms with Crippen molar-refractivity contribution in [2.75, 3.05) is 18.9 Å². The number of carbonyl (C=O) groups excluding carboxylic acids is 1. The molecule has 0 aliphatic heterocycles. The lowest BCUT2D eigenvalue weighted by molar-refractivity contribution is 0.0698. The van der Waals surface area contributed by atoms with E-state index in [1.54, 1.807) is 13.1 Å². The zero-order valence-electron chi connectivity index (χ0n) is 12.0. The summed E-state index contributed by atoms with van der Waals surface area (Å²) in [6, 6.07) is 4.20. The molecule has 0 spiro atoms. The summed E-state index contributed by atoms with van der Waals surface area (Å²) in [7, 11) is 1.66. The van der Waals surface area contributed by atoms with E-state index in [9.17, 15) is 9.59 Å². The van der Waals surface area contributed by atoms with E-state index in [4.69, 9.17) is 16.7 Å². The van der Waals surface area contributed by atoms with Gasteiger partial charge < -0.3 is 15.3 Å². The molecule has 2 N–H and O–H groups in total. The Morgan fingerprint density at radius 1 is 1.35 bits per heavy atom. The molecule has 20 heavy (non-hydrogen) atoms. The number of nitrogens with one attached hydrogen (secondary N) is 1. The number of hydrogen-bond donors (Lipinski definition) is 2. The number of carboxylic acid groups (broad SMARTS) is 1. The highest BCUT2D eigenvalue weighted by atomic mass is 35.5. The lowest BCUT2D eigenvalue weighted by atomic mass is 9.96. The molecule has 6 heteroatoms. The van der Waals surface area contributed by atoms with Crippen molar-refractivity contribution < 1.29 is 14.7 Å². The molecule has 0 saturated heterocycles. The number of amides is 2. The maximum absolute atomic E-state index is 12.1. The van der Waals surface area contributed by atoms with Crippen LogP contribution in [0.5, 0.6) is 0 Å². The first-order valence-electron chi connectivity index (χ1n) is 6.16. The van der Waals surface area contributed by atoms with E-state index in [2.05, 4.69) is 5.32 Å². The van der Waals surface area contributed by atoms with Gasteiger partial charge in [-0.1, -0.05) is 38.4 Å². The Morgan fingerprint density at radius 3 is 2.45 bits per heavy atom. The van der Waals surface area contributed by atoms with E-state index in [1.807, 2.05) is 20.8 Å². The Labute approximate surface area is 123 Å². The molecule has 0 fully saturated rings. The van der Waals surface area contributed by atoms with E-state index >= 15 is 0 Å². The third kappa shape index (κ3) is 4.42. The molecule has 1 rings (SSSR count). The molecule has 0 heterocycles. The van der Waals surface area contributed by atoms with Crippen molar-refractivity contribution in [1.29, 1.82) is 0 Å². The van der Waals surface area contributed by atoms with Crippen LogP contribution in [0.25, 0.3) is 0 Å². The zero-order chi connectivity index (χ0) is 15.5. The SMILES string of the molecule is CN(CC(C)(C)C)C(=O)Nc1cccc(Cl)c1C(=O)O.